The average Bonchev–Trinajstić information content (AvgIpc) is 2.73. The van der Waals surface area contributed by atoms with E-state index in [1.807, 2.05) is 0 Å². The number of halogens is 5. The number of anilines is 1. The van der Waals surface area contributed by atoms with Crippen LogP contribution in [0.2, 0.25) is 20.1 Å². The van der Waals surface area contributed by atoms with Crippen LogP contribution in [0.25, 0.3) is 0 Å². The smallest absolute Gasteiger partial charge is 0.326 e. The van der Waals surface area contributed by atoms with Gasteiger partial charge in [0.25, 0.3) is 5.91 Å². The number of ether oxygens (including phenoxy) is 1. The maximum Gasteiger partial charge on any atom is 0.326 e. The van der Waals surface area contributed by atoms with Gasteiger partial charge in [0, 0.05) is 11.8 Å². The Bertz CT molecular complexity index is 1230. The first-order valence-electron chi connectivity index (χ1n) is 9.07. The summed E-state index contributed by atoms with van der Waals surface area (Å²) in [5.41, 5.74) is 1.12. The van der Waals surface area contributed by atoms with E-state index in [9.17, 15) is 14.0 Å². The molecular formula is C22H15Cl4FN2O3. The highest BCUT2D eigenvalue weighted by Crippen LogP contribution is 2.42. The number of benzene rings is 3. The molecule has 3 aromatic carbocycles. The maximum absolute atomic E-state index is 13.7. The van der Waals surface area contributed by atoms with Gasteiger partial charge in [0.2, 0.25) is 0 Å². The Labute approximate surface area is 203 Å². The van der Waals surface area contributed by atoms with Crippen molar-refractivity contribution in [2.24, 2.45) is 0 Å². The van der Waals surface area contributed by atoms with Crippen LogP contribution in [-0.4, -0.2) is 11.9 Å². The molecule has 2 N–H and O–H groups in total. The summed E-state index contributed by atoms with van der Waals surface area (Å²) >= 11 is 24.6. The topological polar surface area (TPSA) is 67.4 Å². The third kappa shape index (κ3) is 5.27. The van der Waals surface area contributed by atoms with Gasteiger partial charge in [-0.15, -0.1) is 0 Å². The predicted octanol–water partition coefficient (Wildman–Crippen LogP) is 7.81. The van der Waals surface area contributed by atoms with Crippen LogP contribution in [0.15, 0.2) is 42.5 Å². The molecule has 0 aliphatic heterocycles. The monoisotopic (exact) mass is 514 g/mol. The van der Waals surface area contributed by atoms with Crippen molar-refractivity contribution >= 4 is 64.0 Å². The minimum absolute atomic E-state index is 0.211. The molecule has 0 unspecified atom stereocenters. The lowest BCUT2D eigenvalue weighted by Gasteiger charge is -2.17. The van der Waals surface area contributed by atoms with Gasteiger partial charge in [-0.05, 0) is 49.2 Å². The second kappa shape index (κ2) is 9.96. The lowest BCUT2D eigenvalue weighted by Crippen LogP contribution is -2.35. The quantitative estimate of drug-likeness (QED) is 0.348. The number of urea groups is 1. The zero-order valence-corrected chi connectivity index (χ0v) is 19.7. The molecule has 0 saturated carbocycles. The summed E-state index contributed by atoms with van der Waals surface area (Å²) in [4.78, 5) is 24.4. The number of aryl methyl sites for hydroxylation is 1. The van der Waals surface area contributed by atoms with Gasteiger partial charge in [0.15, 0.2) is 0 Å². The molecule has 3 rings (SSSR count). The summed E-state index contributed by atoms with van der Waals surface area (Å²) in [5.74, 6) is -1.07. The van der Waals surface area contributed by atoms with Crippen LogP contribution in [0.4, 0.5) is 14.9 Å². The second-order valence-corrected chi connectivity index (χ2v) is 8.30. The number of carbonyl (C=O) groups excluding carboxylic acids is 2. The Balaban J connectivity index is 1.81. The highest BCUT2D eigenvalue weighted by atomic mass is 35.5. The molecule has 0 aromatic heterocycles. The molecule has 32 heavy (non-hydrogen) atoms. The van der Waals surface area contributed by atoms with Crippen molar-refractivity contribution in [3.8, 4) is 11.5 Å². The predicted molar refractivity (Wildman–Crippen MR) is 125 cm³/mol. The summed E-state index contributed by atoms with van der Waals surface area (Å²) in [7, 11) is 0. The van der Waals surface area contributed by atoms with Crippen LogP contribution in [-0.2, 0) is 0 Å². The van der Waals surface area contributed by atoms with Gasteiger partial charge >= 0.3 is 6.03 Å². The molecule has 0 saturated heterocycles. The van der Waals surface area contributed by atoms with E-state index in [0.29, 0.717) is 22.6 Å². The van der Waals surface area contributed by atoms with Crippen molar-refractivity contribution in [1.82, 2.24) is 5.32 Å². The van der Waals surface area contributed by atoms with Crippen molar-refractivity contribution in [3.05, 3.63) is 85.1 Å². The Morgan fingerprint density at radius 2 is 1.59 bits per heavy atom. The van der Waals surface area contributed by atoms with E-state index in [1.54, 1.807) is 19.9 Å². The first-order chi connectivity index (χ1) is 15.1. The Hall–Kier alpha value is -2.51. The van der Waals surface area contributed by atoms with Gasteiger partial charge in [-0.1, -0.05) is 58.5 Å². The molecule has 0 aliphatic rings. The van der Waals surface area contributed by atoms with Crippen LogP contribution in [0.3, 0.4) is 0 Å². The Morgan fingerprint density at radius 1 is 0.938 bits per heavy atom. The lowest BCUT2D eigenvalue weighted by atomic mass is 10.1. The molecule has 3 amide bonds. The van der Waals surface area contributed by atoms with E-state index in [0.717, 1.165) is 6.07 Å². The molecule has 166 valence electrons. The Morgan fingerprint density at radius 3 is 2.28 bits per heavy atom. The average molecular weight is 516 g/mol. The van der Waals surface area contributed by atoms with Gasteiger partial charge in [0.05, 0.1) is 25.7 Å². The number of imide groups is 1. The normalized spacial score (nSPS) is 10.6. The summed E-state index contributed by atoms with van der Waals surface area (Å²) in [6.45, 7) is 3.36. The zero-order valence-electron chi connectivity index (χ0n) is 16.7. The van der Waals surface area contributed by atoms with Gasteiger partial charge in [0.1, 0.15) is 17.3 Å². The van der Waals surface area contributed by atoms with E-state index in [2.05, 4.69) is 10.6 Å². The summed E-state index contributed by atoms with van der Waals surface area (Å²) in [6.07, 6.45) is 0. The Kier molecular flexibility index (Phi) is 7.51. The van der Waals surface area contributed by atoms with Crippen LogP contribution in [0, 0.1) is 19.7 Å². The minimum atomic E-state index is -0.879. The molecule has 10 heteroatoms. The van der Waals surface area contributed by atoms with Gasteiger partial charge in [-0.25, -0.2) is 9.18 Å². The number of hydrogen-bond donors (Lipinski definition) is 2. The molecule has 5 nitrogen and oxygen atoms in total. The highest BCUT2D eigenvalue weighted by molar-refractivity contribution is 6.43. The first kappa shape index (κ1) is 24.1. The van der Waals surface area contributed by atoms with Crippen molar-refractivity contribution in [1.29, 1.82) is 0 Å². The second-order valence-electron chi connectivity index (χ2n) is 6.70. The molecule has 0 spiro atoms. The van der Waals surface area contributed by atoms with E-state index in [-0.39, 0.29) is 31.4 Å². The minimum Gasteiger partial charge on any atom is -0.454 e. The molecule has 0 heterocycles. The number of hydrogen-bond acceptors (Lipinski definition) is 3. The van der Waals surface area contributed by atoms with E-state index in [1.165, 1.54) is 30.3 Å². The van der Waals surface area contributed by atoms with E-state index < -0.39 is 17.8 Å². The number of carbonyl (C=O) groups is 2. The van der Waals surface area contributed by atoms with Crippen LogP contribution < -0.4 is 15.4 Å². The third-order valence-corrected chi connectivity index (χ3v) is 5.90. The molecule has 0 radical (unpaired) electrons. The lowest BCUT2D eigenvalue weighted by molar-refractivity contribution is 0.0963. The van der Waals surface area contributed by atoms with Crippen molar-refractivity contribution in [2.75, 3.05) is 5.32 Å². The zero-order chi connectivity index (χ0) is 23.6. The third-order valence-electron chi connectivity index (χ3n) is 4.43. The fraction of sp³-hybridized carbons (Fsp3) is 0.0909. The molecule has 0 aliphatic carbocycles. The van der Waals surface area contributed by atoms with E-state index in [4.69, 9.17) is 51.1 Å². The maximum atomic E-state index is 13.7. The van der Waals surface area contributed by atoms with Crippen LogP contribution >= 0.6 is 46.4 Å². The fourth-order valence-electron chi connectivity index (χ4n) is 2.77. The largest absolute Gasteiger partial charge is 0.454 e. The fourth-order valence-corrected chi connectivity index (χ4v) is 3.63. The van der Waals surface area contributed by atoms with Crippen LogP contribution in [0.1, 0.15) is 21.5 Å². The van der Waals surface area contributed by atoms with Crippen molar-refractivity contribution in [3.63, 3.8) is 0 Å². The highest BCUT2D eigenvalue weighted by Gasteiger charge is 2.19. The summed E-state index contributed by atoms with van der Waals surface area (Å²) in [6, 6.07) is 8.99. The standard InChI is InChI=1S/C22H15Cl4FN2O3/c1-10-7-17(28-22(31)29-21(30)12-5-3-4-6-16(12)27)11(2)19(26)20(10)32-18-9-14(24)13(23)8-15(18)25/h3-9H,1-2H3,(H2,28,29,30,31). The first-order valence-corrected chi connectivity index (χ1v) is 10.6. The van der Waals surface area contributed by atoms with Gasteiger partial charge in [-0.3, -0.25) is 10.1 Å². The summed E-state index contributed by atoms with van der Waals surface area (Å²) < 4.78 is 19.6. The van der Waals surface area contributed by atoms with Crippen LogP contribution in [0.5, 0.6) is 11.5 Å². The van der Waals surface area contributed by atoms with E-state index >= 15 is 0 Å². The summed E-state index contributed by atoms with van der Waals surface area (Å²) in [5, 5.41) is 5.59. The van der Waals surface area contributed by atoms with Gasteiger partial charge in [-0.2, -0.15) is 0 Å². The van der Waals surface area contributed by atoms with Gasteiger partial charge < -0.3 is 10.1 Å². The van der Waals surface area contributed by atoms with Crippen molar-refractivity contribution in [2.45, 2.75) is 13.8 Å². The number of amides is 3. The molecule has 3 aromatic rings. The molecule has 0 bridgehead atoms. The molecular weight excluding hydrogens is 501 g/mol. The number of rotatable bonds is 4. The number of nitrogens with one attached hydrogen (secondary N) is 2. The van der Waals surface area contributed by atoms with Crippen molar-refractivity contribution < 1.29 is 18.7 Å². The molecule has 0 fully saturated rings. The molecule has 0 atom stereocenters. The SMILES string of the molecule is Cc1cc(NC(=O)NC(=O)c2ccccc2F)c(C)c(Cl)c1Oc1cc(Cl)c(Cl)cc1Cl.